The molecule has 1 unspecified atom stereocenters. The first-order chi connectivity index (χ1) is 38.3. The lowest BCUT2D eigenvalue weighted by Crippen LogP contribution is -2.61. The van der Waals surface area contributed by atoms with E-state index in [4.69, 9.17) is 42.6 Å². The second-order valence-electron chi connectivity index (χ2n) is 23.9. The van der Waals surface area contributed by atoms with E-state index in [2.05, 4.69) is 4.90 Å². The number of hydrogen-bond acceptors (Lipinski definition) is 17. The molecule has 0 aromatic rings. The molecule has 2 N–H and O–H groups in total. The first-order valence-electron chi connectivity index (χ1n) is 30.0. The van der Waals surface area contributed by atoms with Crippen LogP contribution in [-0.4, -0.2) is 197 Å². The highest BCUT2D eigenvalue weighted by molar-refractivity contribution is 6.39. The van der Waals surface area contributed by atoms with Gasteiger partial charge in [-0.3, -0.25) is 24.1 Å². The number of ether oxygens (including phenoxy) is 9. The monoisotopic (exact) mass is 1130 g/mol. The molecule has 15 atom stereocenters. The summed E-state index contributed by atoms with van der Waals surface area (Å²) >= 11 is 0. The molecule has 4 saturated heterocycles. The standard InChI is InChI=1S/C62H98N2O16/c1-40-16-11-10-12-17-41(2)53(78-31-30-76-49-38-75-39-49)36-48-21-19-46(7)62(71,80-48)59(68)60(69)64-24-14-13-18-50(64)61(70)79-54(37-51(65)42(3)33-45(6)57(67)58(73-9)56(66)44(5)32-40)43(4)34-47-20-22-52(55(35-47)72-8)77-27-15-23-63-25-28-74-29-26-63/h10-12,16-17,33,40,42-44,46-50,52-55,57-58,67,71H,13-15,18-32,34-39H2,1-9H3/b12-10+,16-11+,41-17+,45-33+/t40-,42-,43-,44-,46-,47+,48+,50+,52-,53?,54+,55-,57-,58+,62-/m1/s1. The van der Waals surface area contributed by atoms with Crippen LogP contribution in [0.1, 0.15) is 132 Å². The van der Waals surface area contributed by atoms with Crippen molar-refractivity contribution in [3.8, 4) is 0 Å². The zero-order valence-electron chi connectivity index (χ0n) is 49.6. The van der Waals surface area contributed by atoms with Crippen LogP contribution in [0.3, 0.4) is 0 Å². The van der Waals surface area contributed by atoms with E-state index in [1.807, 2.05) is 58.1 Å². The number of ketones is 3. The summed E-state index contributed by atoms with van der Waals surface area (Å²) in [5.74, 6) is -7.98. The molecular formula is C62H98N2O16. The summed E-state index contributed by atoms with van der Waals surface area (Å²) in [5.41, 5.74) is 1.26. The minimum Gasteiger partial charge on any atom is -0.460 e. The molecule has 6 rings (SSSR count). The predicted octanol–water partition coefficient (Wildman–Crippen LogP) is 6.71. The zero-order valence-corrected chi connectivity index (χ0v) is 49.6. The van der Waals surface area contributed by atoms with Crippen LogP contribution in [0.25, 0.3) is 0 Å². The van der Waals surface area contributed by atoms with E-state index in [1.165, 1.54) is 12.0 Å². The molecule has 6 aliphatic rings. The third kappa shape index (κ3) is 18.7. The van der Waals surface area contributed by atoms with E-state index in [1.54, 1.807) is 34.0 Å². The highest BCUT2D eigenvalue weighted by Gasteiger charge is 2.53. The van der Waals surface area contributed by atoms with Crippen molar-refractivity contribution < 1.29 is 76.8 Å². The Morgan fingerprint density at radius 3 is 2.25 bits per heavy atom. The maximum atomic E-state index is 14.7. The van der Waals surface area contributed by atoms with Crippen LogP contribution in [0.15, 0.2) is 47.6 Å². The highest BCUT2D eigenvalue weighted by Crippen LogP contribution is 2.38. The number of cyclic esters (lactones) is 1. The fraction of sp³-hybridized carbons (Fsp3) is 0.790. The van der Waals surface area contributed by atoms with E-state index in [9.17, 15) is 34.2 Å². The van der Waals surface area contributed by atoms with Crippen molar-refractivity contribution in [2.24, 2.45) is 35.5 Å². The number of carbonyl (C=O) groups excluding carboxylic acids is 5. The fourth-order valence-electron chi connectivity index (χ4n) is 12.3. The number of piperidine rings is 1. The highest BCUT2D eigenvalue weighted by atomic mass is 16.6. The Labute approximate surface area is 476 Å². The Balaban J connectivity index is 1.24. The van der Waals surface area contributed by atoms with Crippen LogP contribution >= 0.6 is 0 Å². The van der Waals surface area contributed by atoms with Crippen molar-refractivity contribution in [1.82, 2.24) is 9.80 Å². The van der Waals surface area contributed by atoms with E-state index in [0.29, 0.717) is 70.5 Å². The summed E-state index contributed by atoms with van der Waals surface area (Å²) in [4.78, 5) is 75.8. The smallest absolute Gasteiger partial charge is 0.329 e. The maximum Gasteiger partial charge on any atom is 0.329 e. The lowest BCUT2D eigenvalue weighted by molar-refractivity contribution is -0.266. The van der Waals surface area contributed by atoms with E-state index < -0.39 is 77.8 Å². The Morgan fingerprint density at radius 2 is 1.54 bits per heavy atom. The molecule has 80 heavy (non-hydrogen) atoms. The van der Waals surface area contributed by atoms with Crippen molar-refractivity contribution in [1.29, 1.82) is 0 Å². The minimum absolute atomic E-state index is 0.00323. The minimum atomic E-state index is -2.47. The van der Waals surface area contributed by atoms with E-state index in [0.717, 1.165) is 64.1 Å². The van der Waals surface area contributed by atoms with Gasteiger partial charge >= 0.3 is 5.97 Å². The van der Waals surface area contributed by atoms with Crippen LogP contribution in [-0.2, 0) is 66.6 Å². The number of fused-ring (bicyclic) bond motifs is 3. The lowest BCUT2D eigenvalue weighted by Gasteiger charge is -2.43. The van der Waals surface area contributed by atoms with Crippen molar-refractivity contribution in [3.05, 3.63) is 47.6 Å². The molecule has 0 radical (unpaired) electrons. The van der Waals surface area contributed by atoms with Crippen LogP contribution in [0.4, 0.5) is 0 Å². The fourth-order valence-corrected chi connectivity index (χ4v) is 12.3. The number of rotatable bonds is 15. The van der Waals surface area contributed by atoms with E-state index in [-0.39, 0.29) is 80.0 Å². The molecule has 2 bridgehead atoms. The summed E-state index contributed by atoms with van der Waals surface area (Å²) in [6, 6.07) is -1.15. The number of aliphatic hydroxyl groups excluding tert-OH is 1. The van der Waals surface area contributed by atoms with E-state index >= 15 is 0 Å². The number of allylic oxidation sites excluding steroid dienone is 6. The number of carbonyl (C=O) groups is 5. The van der Waals surface area contributed by atoms with Gasteiger partial charge in [0.15, 0.2) is 5.78 Å². The number of amides is 1. The molecular weight excluding hydrogens is 1030 g/mol. The van der Waals surface area contributed by atoms with Gasteiger partial charge in [0.1, 0.15) is 36.2 Å². The topological polar surface area (TPSA) is 215 Å². The van der Waals surface area contributed by atoms with Gasteiger partial charge in [-0.1, -0.05) is 71.1 Å². The second-order valence-corrected chi connectivity index (χ2v) is 23.9. The molecule has 5 heterocycles. The Kier molecular flexibility index (Phi) is 26.7. The number of morpholine rings is 1. The van der Waals surface area contributed by atoms with Crippen LogP contribution in [0.5, 0.6) is 0 Å². The summed E-state index contributed by atoms with van der Waals surface area (Å²) in [6.07, 6.45) is 13.2. The van der Waals surface area contributed by atoms with Gasteiger partial charge in [0.2, 0.25) is 5.79 Å². The van der Waals surface area contributed by atoms with Crippen LogP contribution in [0, 0.1) is 35.5 Å². The first kappa shape index (κ1) is 65.6. The van der Waals surface area contributed by atoms with Gasteiger partial charge in [-0.05, 0) is 113 Å². The van der Waals surface area contributed by atoms with Gasteiger partial charge in [-0.25, -0.2) is 4.79 Å². The summed E-state index contributed by atoms with van der Waals surface area (Å²) in [6.45, 7) is 19.5. The number of methoxy groups -OCH3 is 2. The average molecular weight is 1130 g/mol. The Bertz CT molecular complexity index is 2120. The molecule has 1 aliphatic carbocycles. The molecule has 1 saturated carbocycles. The van der Waals surface area contributed by atoms with Crippen LogP contribution in [0.2, 0.25) is 0 Å². The van der Waals surface area contributed by atoms with Gasteiger partial charge in [0.25, 0.3) is 11.7 Å². The van der Waals surface area contributed by atoms with Gasteiger partial charge in [-0.15, -0.1) is 0 Å². The number of hydrogen-bond donors (Lipinski definition) is 2. The number of aliphatic hydroxyl groups is 2. The molecule has 5 fully saturated rings. The van der Waals surface area contributed by atoms with Gasteiger partial charge in [0.05, 0.1) is 64.1 Å². The molecule has 1 amide bonds. The van der Waals surface area contributed by atoms with Crippen molar-refractivity contribution in [3.63, 3.8) is 0 Å². The molecule has 0 aromatic heterocycles. The van der Waals surface area contributed by atoms with Gasteiger partial charge in [0, 0.05) is 77.6 Å². The number of esters is 1. The SMILES string of the molecule is CO[C@@H]1C[C@H](C[C@@H](C)[C@@H]2CC(=O)[C@H](C)/C=C(\C)[C@@H](O)[C@@H](OC)C(=O)[C@H](C)C[C@H](C)/C=C/C=C/C=C(\C)C(OCCOC3COC3)C[C@@H]3CC[C@@H](C)[C@@](O)(O3)C(=O)C(=O)N3CCCC[C@H]3C(=O)O2)CC[C@H]1OCCCN1CCOCC1. The summed E-state index contributed by atoms with van der Waals surface area (Å²) in [5, 5.41) is 23.9. The number of Topliss-reactive ketones (excluding diaryl/α,β-unsaturated/α-hetero) is 3. The third-order valence-electron chi connectivity index (χ3n) is 17.6. The normalized spacial score (nSPS) is 37.6. The molecule has 0 spiro atoms. The van der Waals surface area contributed by atoms with Crippen molar-refractivity contribution in [2.45, 2.75) is 193 Å². The first-order valence-corrected chi connectivity index (χ1v) is 30.0. The third-order valence-corrected chi connectivity index (χ3v) is 17.6. The molecule has 5 aliphatic heterocycles. The largest absolute Gasteiger partial charge is 0.460 e. The van der Waals surface area contributed by atoms with Gasteiger partial charge < -0.3 is 57.7 Å². The lowest BCUT2D eigenvalue weighted by atomic mass is 9.78. The Hall–Kier alpha value is -3.53. The van der Waals surface area contributed by atoms with Crippen molar-refractivity contribution >= 4 is 29.2 Å². The van der Waals surface area contributed by atoms with Crippen molar-refractivity contribution in [2.75, 3.05) is 86.6 Å². The average Bonchev–Trinajstić information content (AvgIpc) is 3.43. The zero-order chi connectivity index (χ0) is 57.9. The van der Waals surface area contributed by atoms with Crippen LogP contribution < -0.4 is 0 Å². The Morgan fingerprint density at radius 1 is 0.787 bits per heavy atom. The molecule has 18 nitrogen and oxygen atoms in total. The molecule has 452 valence electrons. The van der Waals surface area contributed by atoms with Gasteiger partial charge in [-0.2, -0.15) is 0 Å². The summed E-state index contributed by atoms with van der Waals surface area (Å²) in [7, 11) is 3.10. The summed E-state index contributed by atoms with van der Waals surface area (Å²) < 4.78 is 53.8. The number of nitrogens with zero attached hydrogens (tertiary/aromatic N) is 2. The molecule has 18 heteroatoms. The quantitative estimate of drug-likeness (QED) is 0.0754. The predicted molar refractivity (Wildman–Crippen MR) is 300 cm³/mol. The maximum absolute atomic E-state index is 14.7. The molecule has 0 aromatic carbocycles. The second kappa shape index (κ2) is 32.5.